The molecular weight excluding hydrogens is 314 g/mol. The van der Waals surface area contributed by atoms with Crippen LogP contribution in [0, 0.1) is 11.6 Å². The molecule has 0 aliphatic rings. The Balaban J connectivity index is 1.82. The van der Waals surface area contributed by atoms with Crippen LogP contribution in [0.15, 0.2) is 49.1 Å². The highest BCUT2D eigenvalue weighted by molar-refractivity contribution is 5.65. The first kappa shape index (κ1) is 15.9. The average Bonchev–Trinajstić information content (AvgIpc) is 3.06. The minimum atomic E-state index is -0.970. The number of halogens is 2. The topological polar surface area (TPSA) is 52.0 Å². The van der Waals surface area contributed by atoms with E-state index in [4.69, 9.17) is 4.74 Å². The van der Waals surface area contributed by atoms with Crippen LogP contribution in [0.4, 0.5) is 14.5 Å². The van der Waals surface area contributed by atoms with Gasteiger partial charge in [-0.25, -0.2) is 13.8 Å². The number of methoxy groups -OCH3 is 1. The predicted molar refractivity (Wildman–Crippen MR) is 86.9 cm³/mol. The summed E-state index contributed by atoms with van der Waals surface area (Å²) in [7, 11) is 1.41. The highest BCUT2D eigenvalue weighted by Crippen LogP contribution is 2.32. The molecule has 0 spiro atoms. The predicted octanol–water partition coefficient (Wildman–Crippen LogP) is 3.34. The van der Waals surface area contributed by atoms with E-state index in [1.807, 2.05) is 12.1 Å². The standard InChI is InChI=1S/C17H16F2N4O/c1-24-14-5-4-13(18)16(19)15(14)17-22-8-10-23(17)9-7-21-12-3-2-6-20-11-12/h2-6,8,10-11,21H,7,9H2,1H3. The Labute approximate surface area is 137 Å². The van der Waals surface area contributed by atoms with Gasteiger partial charge in [0, 0.05) is 37.9 Å². The Kier molecular flexibility index (Phi) is 4.69. The molecule has 3 rings (SSSR count). The van der Waals surface area contributed by atoms with Gasteiger partial charge in [-0.1, -0.05) is 0 Å². The van der Waals surface area contributed by atoms with E-state index in [1.54, 1.807) is 29.4 Å². The van der Waals surface area contributed by atoms with Crippen molar-refractivity contribution in [2.45, 2.75) is 6.54 Å². The number of anilines is 1. The van der Waals surface area contributed by atoms with Crippen molar-refractivity contribution in [3.8, 4) is 17.1 Å². The first-order valence-corrected chi connectivity index (χ1v) is 7.38. The lowest BCUT2D eigenvalue weighted by Crippen LogP contribution is -2.12. The molecule has 24 heavy (non-hydrogen) atoms. The van der Waals surface area contributed by atoms with Crippen molar-refractivity contribution in [1.82, 2.24) is 14.5 Å². The Hall–Kier alpha value is -2.96. The quantitative estimate of drug-likeness (QED) is 0.753. The Morgan fingerprint density at radius 1 is 1.21 bits per heavy atom. The van der Waals surface area contributed by atoms with Crippen LogP contribution in [-0.4, -0.2) is 28.2 Å². The summed E-state index contributed by atoms with van der Waals surface area (Å²) >= 11 is 0. The van der Waals surface area contributed by atoms with E-state index in [-0.39, 0.29) is 11.3 Å². The van der Waals surface area contributed by atoms with Crippen LogP contribution in [0.5, 0.6) is 5.75 Å². The van der Waals surface area contributed by atoms with Crippen LogP contribution in [0.2, 0.25) is 0 Å². The summed E-state index contributed by atoms with van der Waals surface area (Å²) in [6.07, 6.45) is 6.66. The number of ether oxygens (including phenoxy) is 1. The second kappa shape index (κ2) is 7.08. The molecule has 0 saturated carbocycles. The molecule has 0 aliphatic carbocycles. The maximum absolute atomic E-state index is 14.2. The zero-order chi connectivity index (χ0) is 16.9. The number of benzene rings is 1. The van der Waals surface area contributed by atoms with Gasteiger partial charge in [-0.15, -0.1) is 0 Å². The molecule has 0 atom stereocenters. The highest BCUT2D eigenvalue weighted by Gasteiger charge is 2.20. The monoisotopic (exact) mass is 330 g/mol. The van der Waals surface area contributed by atoms with Crippen LogP contribution in [0.1, 0.15) is 0 Å². The minimum Gasteiger partial charge on any atom is -0.496 e. The summed E-state index contributed by atoms with van der Waals surface area (Å²) < 4.78 is 34.7. The summed E-state index contributed by atoms with van der Waals surface area (Å²) in [6, 6.07) is 6.16. The summed E-state index contributed by atoms with van der Waals surface area (Å²) in [5.41, 5.74) is 0.901. The fourth-order valence-electron chi connectivity index (χ4n) is 2.42. The molecule has 0 saturated heterocycles. The zero-order valence-corrected chi connectivity index (χ0v) is 13.0. The Morgan fingerprint density at radius 2 is 2.08 bits per heavy atom. The van der Waals surface area contributed by atoms with Gasteiger partial charge in [0.1, 0.15) is 11.6 Å². The molecule has 0 aliphatic heterocycles. The number of hydrogen-bond donors (Lipinski definition) is 1. The van der Waals surface area contributed by atoms with E-state index in [9.17, 15) is 8.78 Å². The number of imidazole rings is 1. The first-order chi connectivity index (χ1) is 11.7. The number of hydrogen-bond acceptors (Lipinski definition) is 4. The smallest absolute Gasteiger partial charge is 0.173 e. The Morgan fingerprint density at radius 3 is 2.83 bits per heavy atom. The van der Waals surface area contributed by atoms with E-state index < -0.39 is 11.6 Å². The van der Waals surface area contributed by atoms with Gasteiger partial charge in [-0.05, 0) is 24.3 Å². The Bertz CT molecular complexity index is 821. The molecule has 0 bridgehead atoms. The van der Waals surface area contributed by atoms with Crippen LogP contribution < -0.4 is 10.1 Å². The summed E-state index contributed by atoms with van der Waals surface area (Å²) in [6.45, 7) is 1.09. The van der Waals surface area contributed by atoms with Gasteiger partial charge in [0.15, 0.2) is 11.6 Å². The fourth-order valence-corrected chi connectivity index (χ4v) is 2.42. The van der Waals surface area contributed by atoms with Crippen molar-refractivity contribution in [1.29, 1.82) is 0 Å². The van der Waals surface area contributed by atoms with Gasteiger partial charge in [-0.3, -0.25) is 4.98 Å². The van der Waals surface area contributed by atoms with Gasteiger partial charge in [0.05, 0.1) is 18.4 Å². The third kappa shape index (κ3) is 3.19. The van der Waals surface area contributed by atoms with Crippen molar-refractivity contribution >= 4 is 5.69 Å². The lowest BCUT2D eigenvalue weighted by atomic mass is 10.1. The van der Waals surface area contributed by atoms with Crippen molar-refractivity contribution in [2.24, 2.45) is 0 Å². The molecule has 0 amide bonds. The zero-order valence-electron chi connectivity index (χ0n) is 13.0. The molecule has 5 nitrogen and oxygen atoms in total. The molecule has 2 heterocycles. The van der Waals surface area contributed by atoms with E-state index in [1.165, 1.54) is 13.2 Å². The molecule has 3 aromatic rings. The highest BCUT2D eigenvalue weighted by atomic mass is 19.2. The lowest BCUT2D eigenvalue weighted by Gasteiger charge is -2.13. The number of pyridine rings is 1. The van der Waals surface area contributed by atoms with E-state index >= 15 is 0 Å². The summed E-state index contributed by atoms with van der Waals surface area (Å²) in [5, 5.41) is 3.21. The average molecular weight is 330 g/mol. The van der Waals surface area contributed by atoms with Crippen LogP contribution in [0.3, 0.4) is 0 Å². The van der Waals surface area contributed by atoms with Crippen molar-refractivity contribution in [3.05, 3.63) is 60.7 Å². The van der Waals surface area contributed by atoms with Gasteiger partial charge >= 0.3 is 0 Å². The van der Waals surface area contributed by atoms with Gasteiger partial charge in [-0.2, -0.15) is 0 Å². The van der Waals surface area contributed by atoms with Crippen molar-refractivity contribution in [3.63, 3.8) is 0 Å². The van der Waals surface area contributed by atoms with E-state index in [0.29, 0.717) is 18.9 Å². The summed E-state index contributed by atoms with van der Waals surface area (Å²) in [5.74, 6) is -1.35. The fraction of sp³-hybridized carbons (Fsp3) is 0.176. The van der Waals surface area contributed by atoms with Crippen LogP contribution in [0.25, 0.3) is 11.4 Å². The molecular formula is C17H16F2N4O. The van der Waals surface area contributed by atoms with Crippen molar-refractivity contribution in [2.75, 3.05) is 19.0 Å². The van der Waals surface area contributed by atoms with Gasteiger partial charge in [0.25, 0.3) is 0 Å². The largest absolute Gasteiger partial charge is 0.496 e. The van der Waals surface area contributed by atoms with Crippen LogP contribution >= 0.6 is 0 Å². The molecule has 0 unspecified atom stereocenters. The van der Waals surface area contributed by atoms with E-state index in [2.05, 4.69) is 15.3 Å². The molecule has 1 aromatic carbocycles. The summed E-state index contributed by atoms with van der Waals surface area (Å²) in [4.78, 5) is 8.18. The molecule has 124 valence electrons. The van der Waals surface area contributed by atoms with Gasteiger partial charge in [0.2, 0.25) is 0 Å². The minimum absolute atomic E-state index is 0.0175. The molecule has 2 aromatic heterocycles. The third-order valence-corrected chi connectivity index (χ3v) is 3.56. The first-order valence-electron chi connectivity index (χ1n) is 7.38. The number of nitrogens with one attached hydrogen (secondary N) is 1. The third-order valence-electron chi connectivity index (χ3n) is 3.56. The normalized spacial score (nSPS) is 10.6. The number of nitrogens with zero attached hydrogens (tertiary/aromatic N) is 3. The molecule has 0 radical (unpaired) electrons. The molecule has 0 fully saturated rings. The second-order valence-corrected chi connectivity index (χ2v) is 5.05. The van der Waals surface area contributed by atoms with E-state index in [0.717, 1.165) is 11.8 Å². The SMILES string of the molecule is COc1ccc(F)c(F)c1-c1nccn1CCNc1cccnc1. The second-order valence-electron chi connectivity index (χ2n) is 5.05. The number of rotatable bonds is 6. The number of aromatic nitrogens is 3. The molecule has 1 N–H and O–H groups in total. The maximum atomic E-state index is 14.2. The van der Waals surface area contributed by atoms with Gasteiger partial charge < -0.3 is 14.6 Å². The maximum Gasteiger partial charge on any atom is 0.173 e. The lowest BCUT2D eigenvalue weighted by molar-refractivity contribution is 0.408. The van der Waals surface area contributed by atoms with Crippen LogP contribution in [-0.2, 0) is 6.54 Å². The van der Waals surface area contributed by atoms with Crippen molar-refractivity contribution < 1.29 is 13.5 Å². The molecule has 7 heteroatoms.